The molecule has 1 aliphatic rings. The maximum atomic E-state index is 12.1. The van der Waals surface area contributed by atoms with E-state index in [1.165, 1.54) is 0 Å². The maximum absolute atomic E-state index is 12.1. The highest BCUT2D eigenvalue weighted by Crippen LogP contribution is 2.31. The fraction of sp³-hybridized carbons (Fsp3) is 0.611. The van der Waals surface area contributed by atoms with Crippen LogP contribution in [0.1, 0.15) is 32.8 Å². The number of amides is 1. The first-order valence-corrected chi connectivity index (χ1v) is 8.04. The lowest BCUT2D eigenvalue weighted by Gasteiger charge is -2.28. The van der Waals surface area contributed by atoms with Crippen LogP contribution in [0.2, 0.25) is 0 Å². The molecule has 1 aromatic rings. The van der Waals surface area contributed by atoms with Crippen molar-refractivity contribution in [1.29, 1.82) is 0 Å². The number of aliphatic hydroxyl groups is 1. The highest BCUT2D eigenvalue weighted by molar-refractivity contribution is 5.68. The molecule has 0 radical (unpaired) electrons. The van der Waals surface area contributed by atoms with Crippen molar-refractivity contribution < 1.29 is 19.4 Å². The first-order chi connectivity index (χ1) is 10.8. The fourth-order valence-corrected chi connectivity index (χ4v) is 2.67. The number of carbonyl (C=O) groups excluding carboxylic acids is 1. The molecular weight excluding hydrogens is 294 g/mol. The Hall–Kier alpha value is -1.59. The highest BCUT2D eigenvalue weighted by atomic mass is 16.6. The molecule has 1 saturated heterocycles. The molecule has 1 N–H and O–H groups in total. The van der Waals surface area contributed by atoms with Gasteiger partial charge in [0.05, 0.1) is 19.8 Å². The Morgan fingerprint density at radius 2 is 2.00 bits per heavy atom. The minimum Gasteiger partial charge on any atom is -0.444 e. The van der Waals surface area contributed by atoms with Crippen LogP contribution in [0.3, 0.4) is 0 Å². The van der Waals surface area contributed by atoms with Crippen LogP contribution in [0.15, 0.2) is 30.3 Å². The second-order valence-corrected chi connectivity index (χ2v) is 7.29. The molecule has 1 aliphatic heterocycles. The maximum Gasteiger partial charge on any atom is 0.410 e. The molecule has 0 bridgehead atoms. The number of nitrogens with zero attached hydrogens (tertiary/aromatic N) is 1. The van der Waals surface area contributed by atoms with E-state index in [1.54, 1.807) is 4.90 Å². The summed E-state index contributed by atoms with van der Waals surface area (Å²) in [5.74, 6) is 0. The summed E-state index contributed by atoms with van der Waals surface area (Å²) in [4.78, 5) is 13.8. The molecule has 2 rings (SSSR count). The molecule has 5 heteroatoms. The molecule has 0 aromatic heterocycles. The lowest BCUT2D eigenvalue weighted by atomic mass is 9.89. The minimum atomic E-state index is -0.509. The molecule has 1 amide bonds. The van der Waals surface area contributed by atoms with Gasteiger partial charge in [-0.1, -0.05) is 30.3 Å². The number of benzene rings is 1. The van der Waals surface area contributed by atoms with E-state index >= 15 is 0 Å². The van der Waals surface area contributed by atoms with Crippen LogP contribution in [-0.2, 0) is 16.1 Å². The van der Waals surface area contributed by atoms with Crippen molar-refractivity contribution in [2.24, 2.45) is 5.41 Å². The number of rotatable bonds is 5. The van der Waals surface area contributed by atoms with E-state index in [2.05, 4.69) is 0 Å². The van der Waals surface area contributed by atoms with Gasteiger partial charge >= 0.3 is 6.09 Å². The molecule has 1 heterocycles. The van der Waals surface area contributed by atoms with E-state index in [0.717, 1.165) is 12.0 Å². The summed E-state index contributed by atoms with van der Waals surface area (Å²) >= 11 is 0. The Morgan fingerprint density at radius 3 is 2.61 bits per heavy atom. The topological polar surface area (TPSA) is 59.0 Å². The van der Waals surface area contributed by atoms with Crippen LogP contribution in [-0.4, -0.2) is 48.0 Å². The number of carbonyl (C=O) groups is 1. The molecule has 1 aromatic carbocycles. The van der Waals surface area contributed by atoms with Crippen molar-refractivity contribution >= 4 is 6.09 Å². The van der Waals surface area contributed by atoms with Crippen LogP contribution in [0, 0.1) is 5.41 Å². The third-order valence-electron chi connectivity index (χ3n) is 3.95. The van der Waals surface area contributed by atoms with Gasteiger partial charge in [-0.25, -0.2) is 4.79 Å². The highest BCUT2D eigenvalue weighted by Gasteiger charge is 2.41. The molecule has 0 saturated carbocycles. The van der Waals surface area contributed by atoms with Crippen molar-refractivity contribution in [2.45, 2.75) is 39.4 Å². The predicted octanol–water partition coefficient (Wildman–Crippen LogP) is 2.82. The number of aliphatic hydroxyl groups excluding tert-OH is 1. The van der Waals surface area contributed by atoms with E-state index in [9.17, 15) is 9.90 Å². The zero-order valence-electron chi connectivity index (χ0n) is 14.2. The molecule has 1 fully saturated rings. The van der Waals surface area contributed by atoms with E-state index < -0.39 is 11.0 Å². The van der Waals surface area contributed by atoms with Crippen LogP contribution < -0.4 is 0 Å². The van der Waals surface area contributed by atoms with Crippen LogP contribution >= 0.6 is 0 Å². The molecule has 1 atom stereocenters. The number of ether oxygens (including phenoxy) is 2. The van der Waals surface area contributed by atoms with Gasteiger partial charge in [0, 0.05) is 18.5 Å². The summed E-state index contributed by atoms with van der Waals surface area (Å²) in [6.07, 6.45) is 0.397. The zero-order chi connectivity index (χ0) is 16.9. The first-order valence-electron chi connectivity index (χ1n) is 8.04. The Kier molecular flexibility index (Phi) is 5.65. The smallest absolute Gasteiger partial charge is 0.410 e. The Bertz CT molecular complexity index is 512. The lowest BCUT2D eigenvalue weighted by molar-refractivity contribution is -0.00235. The first kappa shape index (κ1) is 17.8. The Labute approximate surface area is 138 Å². The summed E-state index contributed by atoms with van der Waals surface area (Å²) in [5.41, 5.74) is 0.194. The number of hydrogen-bond donors (Lipinski definition) is 1. The molecule has 5 nitrogen and oxygen atoms in total. The summed E-state index contributed by atoms with van der Waals surface area (Å²) < 4.78 is 11.2. The summed E-state index contributed by atoms with van der Waals surface area (Å²) in [6.45, 7) is 7.54. The van der Waals surface area contributed by atoms with Crippen molar-refractivity contribution in [3.8, 4) is 0 Å². The zero-order valence-corrected chi connectivity index (χ0v) is 14.2. The summed E-state index contributed by atoms with van der Waals surface area (Å²) in [6, 6.07) is 9.93. The molecule has 1 unspecified atom stereocenters. The predicted molar refractivity (Wildman–Crippen MR) is 88.0 cm³/mol. The van der Waals surface area contributed by atoms with E-state index in [1.807, 2.05) is 51.1 Å². The van der Waals surface area contributed by atoms with Gasteiger partial charge in [0.15, 0.2) is 0 Å². The van der Waals surface area contributed by atoms with E-state index in [4.69, 9.17) is 9.47 Å². The molecule has 0 spiro atoms. The lowest BCUT2D eigenvalue weighted by Crippen LogP contribution is -2.39. The van der Waals surface area contributed by atoms with Crippen molar-refractivity contribution in [3.63, 3.8) is 0 Å². The molecular formula is C18H27NO4. The normalized spacial score (nSPS) is 21.5. The van der Waals surface area contributed by atoms with Crippen LogP contribution in [0.25, 0.3) is 0 Å². The van der Waals surface area contributed by atoms with Crippen LogP contribution in [0.4, 0.5) is 4.79 Å². The average Bonchev–Trinajstić information content (AvgIpc) is 2.92. The second-order valence-electron chi connectivity index (χ2n) is 7.29. The third kappa shape index (κ3) is 5.22. The van der Waals surface area contributed by atoms with Crippen molar-refractivity contribution in [3.05, 3.63) is 35.9 Å². The monoisotopic (exact) mass is 321 g/mol. The largest absolute Gasteiger partial charge is 0.444 e. The minimum absolute atomic E-state index is 0.00108. The molecule has 0 aliphatic carbocycles. The van der Waals surface area contributed by atoms with E-state index in [0.29, 0.717) is 26.3 Å². The van der Waals surface area contributed by atoms with Crippen LogP contribution in [0.5, 0.6) is 0 Å². The van der Waals surface area contributed by atoms with E-state index in [-0.39, 0.29) is 12.7 Å². The summed E-state index contributed by atoms with van der Waals surface area (Å²) in [5, 5.41) is 9.79. The summed E-state index contributed by atoms with van der Waals surface area (Å²) in [7, 11) is 0. The number of likely N-dealkylation sites (tertiary alicyclic amines) is 1. The second kappa shape index (κ2) is 7.32. The average molecular weight is 321 g/mol. The molecule has 128 valence electrons. The van der Waals surface area contributed by atoms with Gasteiger partial charge in [-0.05, 0) is 32.8 Å². The molecule has 23 heavy (non-hydrogen) atoms. The van der Waals surface area contributed by atoms with Gasteiger partial charge in [-0.3, -0.25) is 0 Å². The quantitative estimate of drug-likeness (QED) is 0.906. The van der Waals surface area contributed by atoms with Gasteiger partial charge in [0.1, 0.15) is 5.60 Å². The number of hydrogen-bond acceptors (Lipinski definition) is 4. The SMILES string of the molecule is CC(C)(C)OC(=O)N1CCC(CO)(COCc2ccccc2)C1. The van der Waals surface area contributed by atoms with Gasteiger partial charge in [0.25, 0.3) is 0 Å². The Morgan fingerprint density at radius 1 is 1.30 bits per heavy atom. The fourth-order valence-electron chi connectivity index (χ4n) is 2.67. The van der Waals surface area contributed by atoms with Gasteiger partial charge in [-0.15, -0.1) is 0 Å². The standard InChI is InChI=1S/C18H27NO4/c1-17(2,3)23-16(21)19-10-9-18(12-19,13-20)14-22-11-15-7-5-4-6-8-15/h4-8,20H,9-14H2,1-3H3. The van der Waals surface area contributed by atoms with Crippen molar-refractivity contribution in [1.82, 2.24) is 4.90 Å². The Balaban J connectivity index is 1.86. The van der Waals surface area contributed by atoms with Gasteiger partial charge in [-0.2, -0.15) is 0 Å². The third-order valence-corrected chi connectivity index (χ3v) is 3.95. The van der Waals surface area contributed by atoms with Gasteiger partial charge in [0.2, 0.25) is 0 Å². The van der Waals surface area contributed by atoms with Gasteiger partial charge < -0.3 is 19.5 Å². The van der Waals surface area contributed by atoms with Crippen molar-refractivity contribution in [2.75, 3.05) is 26.3 Å².